The molecule has 8 atom stereocenters. The molecular formula is C23H40O5Si. The molecule has 0 aromatic rings. The molecule has 0 aromatic heterocycles. The van der Waals surface area contributed by atoms with Gasteiger partial charge in [0.2, 0.25) is 0 Å². The van der Waals surface area contributed by atoms with Crippen LogP contribution in [0.4, 0.5) is 0 Å². The van der Waals surface area contributed by atoms with E-state index in [9.17, 15) is 4.79 Å². The van der Waals surface area contributed by atoms with Crippen LogP contribution in [0.2, 0.25) is 5.54 Å². The number of fused-ring (bicyclic) bond motifs is 9. The second kappa shape index (κ2) is 7.92. The van der Waals surface area contributed by atoms with E-state index >= 15 is 0 Å². The molecule has 0 amide bonds. The minimum Gasteiger partial charge on any atom is -0.460 e. The number of ether oxygens (including phenoxy) is 1. The molecule has 4 aliphatic rings. The summed E-state index contributed by atoms with van der Waals surface area (Å²) >= 11 is 0. The fourth-order valence-corrected chi connectivity index (χ4v) is 11.3. The molecule has 0 radical (unpaired) electrons. The van der Waals surface area contributed by atoms with Crippen molar-refractivity contribution in [1.29, 1.82) is 0 Å². The van der Waals surface area contributed by atoms with Crippen molar-refractivity contribution in [1.82, 2.24) is 0 Å². The average Bonchev–Trinajstić information content (AvgIpc) is 3.38. The highest BCUT2D eigenvalue weighted by Gasteiger charge is 2.70. The summed E-state index contributed by atoms with van der Waals surface area (Å²) < 4.78 is 24.8. The second-order valence-electron chi connectivity index (χ2n) is 10.6. The van der Waals surface area contributed by atoms with Gasteiger partial charge in [0.05, 0.1) is 5.92 Å². The molecule has 4 rings (SSSR count). The number of carbonyl (C=O) groups excluding carboxylic acids is 1. The molecule has 4 bridgehead atoms. The van der Waals surface area contributed by atoms with E-state index in [1.165, 1.54) is 19.3 Å². The fraction of sp³-hybridized carbons (Fsp3) is 0.957. The lowest BCUT2D eigenvalue weighted by molar-refractivity contribution is -0.163. The van der Waals surface area contributed by atoms with E-state index in [2.05, 4.69) is 0 Å². The zero-order valence-corrected chi connectivity index (χ0v) is 20.1. The van der Waals surface area contributed by atoms with E-state index in [0.717, 1.165) is 18.3 Å². The monoisotopic (exact) mass is 424 g/mol. The van der Waals surface area contributed by atoms with Crippen molar-refractivity contribution in [3.8, 4) is 0 Å². The largest absolute Gasteiger partial charge is 0.504 e. The van der Waals surface area contributed by atoms with Crippen molar-refractivity contribution in [3.63, 3.8) is 0 Å². The van der Waals surface area contributed by atoms with Crippen LogP contribution in [0, 0.1) is 41.4 Å². The van der Waals surface area contributed by atoms with Crippen LogP contribution in [0.25, 0.3) is 0 Å². The lowest BCUT2D eigenvalue weighted by Crippen LogP contribution is -2.54. The van der Waals surface area contributed by atoms with Crippen LogP contribution in [0.15, 0.2) is 0 Å². The van der Waals surface area contributed by atoms with Gasteiger partial charge < -0.3 is 18.0 Å². The summed E-state index contributed by atoms with van der Waals surface area (Å²) in [7, 11) is -2.71. The molecular weight excluding hydrogens is 384 g/mol. The Morgan fingerprint density at radius 1 is 0.828 bits per heavy atom. The Morgan fingerprint density at radius 3 is 1.93 bits per heavy atom. The zero-order valence-electron chi connectivity index (χ0n) is 19.1. The molecule has 5 nitrogen and oxygen atoms in total. The van der Waals surface area contributed by atoms with Crippen molar-refractivity contribution in [2.75, 3.05) is 19.8 Å². The van der Waals surface area contributed by atoms with Crippen molar-refractivity contribution >= 4 is 14.8 Å². The van der Waals surface area contributed by atoms with Crippen LogP contribution < -0.4 is 0 Å². The first-order valence-electron chi connectivity index (χ1n) is 11.9. The Kier molecular flexibility index (Phi) is 5.95. The third kappa shape index (κ3) is 3.62. The van der Waals surface area contributed by atoms with Gasteiger partial charge in [-0.15, -0.1) is 0 Å². The lowest BCUT2D eigenvalue weighted by Gasteiger charge is -2.45. The predicted octanol–water partition coefficient (Wildman–Crippen LogP) is 4.67. The van der Waals surface area contributed by atoms with Crippen molar-refractivity contribution in [2.45, 2.75) is 78.4 Å². The van der Waals surface area contributed by atoms with Crippen LogP contribution in [0.5, 0.6) is 0 Å². The number of carbonyl (C=O) groups is 1. The molecule has 0 saturated heterocycles. The first-order chi connectivity index (χ1) is 13.7. The molecule has 0 heterocycles. The summed E-state index contributed by atoms with van der Waals surface area (Å²) in [5.41, 5.74) is -0.0107. The standard InChI is InChI=1S/C23H40O5Si/c1-7-25-29(26-8-2,27-9-3)19-13-15-12-18(19)21-16-10-14(20(15)21)11-17(16)22(24)28-23(4,5)6/h14-21H,7-13H2,1-6H3. The van der Waals surface area contributed by atoms with E-state index < -0.39 is 14.4 Å². The van der Waals surface area contributed by atoms with E-state index in [1.54, 1.807) is 0 Å². The van der Waals surface area contributed by atoms with Crippen LogP contribution >= 0.6 is 0 Å². The lowest BCUT2D eigenvalue weighted by atomic mass is 9.67. The van der Waals surface area contributed by atoms with Gasteiger partial charge in [-0.3, -0.25) is 4.79 Å². The number of esters is 1. The Bertz CT molecular complexity index is 600. The second-order valence-corrected chi connectivity index (χ2v) is 13.4. The zero-order chi connectivity index (χ0) is 21.0. The highest BCUT2D eigenvalue weighted by molar-refractivity contribution is 6.62. The highest BCUT2D eigenvalue weighted by atomic mass is 28.4. The van der Waals surface area contributed by atoms with E-state index in [4.69, 9.17) is 18.0 Å². The maximum atomic E-state index is 12.9. The molecule has 6 heteroatoms. The van der Waals surface area contributed by atoms with Gasteiger partial charge in [-0.2, -0.15) is 0 Å². The van der Waals surface area contributed by atoms with Crippen LogP contribution in [-0.4, -0.2) is 40.2 Å². The molecule has 0 aromatic carbocycles. The first-order valence-corrected chi connectivity index (χ1v) is 13.7. The van der Waals surface area contributed by atoms with Crippen LogP contribution in [-0.2, 0) is 22.8 Å². The third-order valence-electron chi connectivity index (χ3n) is 8.02. The van der Waals surface area contributed by atoms with Gasteiger partial charge in [0.1, 0.15) is 5.60 Å². The SMILES string of the molecule is CCO[Si](OCC)(OCC)C1CC2CC1C1C3CC(CC3C(=O)OC(C)(C)C)C21. The molecule has 4 fully saturated rings. The molecule has 166 valence electrons. The molecule has 0 N–H and O–H groups in total. The molecule has 29 heavy (non-hydrogen) atoms. The van der Waals surface area contributed by atoms with Gasteiger partial charge in [0.25, 0.3) is 0 Å². The van der Waals surface area contributed by atoms with Crippen LogP contribution in [0.3, 0.4) is 0 Å². The van der Waals surface area contributed by atoms with Gasteiger partial charge in [0, 0.05) is 25.4 Å². The van der Waals surface area contributed by atoms with E-state index in [-0.39, 0.29) is 11.9 Å². The van der Waals surface area contributed by atoms with Crippen molar-refractivity contribution in [2.24, 2.45) is 41.4 Å². The minimum atomic E-state index is -2.71. The number of rotatable bonds is 8. The first kappa shape index (κ1) is 21.8. The Morgan fingerprint density at radius 2 is 1.38 bits per heavy atom. The van der Waals surface area contributed by atoms with Gasteiger partial charge in [-0.05, 0) is 103 Å². The van der Waals surface area contributed by atoms with Gasteiger partial charge in [0.15, 0.2) is 0 Å². The summed E-state index contributed by atoms with van der Waals surface area (Å²) in [4.78, 5) is 12.9. The summed E-state index contributed by atoms with van der Waals surface area (Å²) in [6, 6.07) is 0. The molecule has 4 saturated carbocycles. The Balaban J connectivity index is 1.56. The summed E-state index contributed by atoms with van der Waals surface area (Å²) in [6.45, 7) is 14.0. The number of hydrogen-bond acceptors (Lipinski definition) is 5. The normalized spacial score (nSPS) is 40.5. The molecule has 4 aliphatic carbocycles. The Hall–Kier alpha value is -0.433. The summed E-state index contributed by atoms with van der Waals surface area (Å²) in [6.07, 6.45) is 4.72. The van der Waals surface area contributed by atoms with Crippen LogP contribution in [0.1, 0.15) is 67.2 Å². The van der Waals surface area contributed by atoms with E-state index in [0.29, 0.717) is 49.0 Å². The summed E-state index contributed by atoms with van der Waals surface area (Å²) in [5, 5.41) is 0. The summed E-state index contributed by atoms with van der Waals surface area (Å²) in [5.74, 6) is 4.09. The third-order valence-corrected chi connectivity index (χ3v) is 11.7. The molecule has 0 aliphatic heterocycles. The Labute approximate surface area is 177 Å². The topological polar surface area (TPSA) is 54.0 Å². The number of hydrogen-bond donors (Lipinski definition) is 0. The quantitative estimate of drug-likeness (QED) is 0.322. The fourth-order valence-electron chi connectivity index (χ4n) is 7.71. The predicted molar refractivity (Wildman–Crippen MR) is 113 cm³/mol. The van der Waals surface area contributed by atoms with Gasteiger partial charge in [-0.1, -0.05) is 0 Å². The average molecular weight is 425 g/mol. The molecule has 0 spiro atoms. The minimum absolute atomic E-state index is 0.0331. The van der Waals surface area contributed by atoms with Crippen molar-refractivity contribution < 1.29 is 22.8 Å². The maximum Gasteiger partial charge on any atom is 0.504 e. The van der Waals surface area contributed by atoms with Gasteiger partial charge >= 0.3 is 14.8 Å². The highest BCUT2D eigenvalue weighted by Crippen LogP contribution is 2.72. The van der Waals surface area contributed by atoms with Crippen molar-refractivity contribution in [3.05, 3.63) is 0 Å². The van der Waals surface area contributed by atoms with E-state index in [1.807, 2.05) is 41.5 Å². The molecule has 8 unspecified atom stereocenters. The van der Waals surface area contributed by atoms with Gasteiger partial charge in [-0.25, -0.2) is 0 Å². The smallest absolute Gasteiger partial charge is 0.460 e. The maximum absolute atomic E-state index is 12.9.